The Hall–Kier alpha value is -1.47. The molecule has 0 aliphatic carbocycles. The lowest BCUT2D eigenvalue weighted by Crippen LogP contribution is -2.14. The highest BCUT2D eigenvalue weighted by Crippen LogP contribution is 2.22. The molecule has 0 saturated heterocycles. The van der Waals surface area contributed by atoms with Crippen molar-refractivity contribution in [1.29, 1.82) is 0 Å². The van der Waals surface area contributed by atoms with Gasteiger partial charge in [-0.2, -0.15) is 5.10 Å². The summed E-state index contributed by atoms with van der Waals surface area (Å²) < 4.78 is 2.23. The minimum absolute atomic E-state index is 0.124. The highest BCUT2D eigenvalue weighted by atomic mass is 79.9. The molecule has 0 saturated carbocycles. The van der Waals surface area contributed by atoms with Crippen molar-refractivity contribution in [1.82, 2.24) is 19.7 Å². The number of hydrogen-bond donors (Lipinski definition) is 1. The van der Waals surface area contributed by atoms with Gasteiger partial charge in [-0.25, -0.2) is 9.97 Å². The molecule has 0 bridgehead atoms. The predicted octanol–water partition coefficient (Wildman–Crippen LogP) is 2.12. The molecule has 2 aromatic heterocycles. The summed E-state index contributed by atoms with van der Waals surface area (Å²) in [4.78, 5) is 19.4. The molecule has 0 atom stereocenters. The van der Waals surface area contributed by atoms with Crippen LogP contribution in [0.3, 0.4) is 0 Å². The van der Waals surface area contributed by atoms with Crippen LogP contribution < -0.4 is 5.32 Å². The quantitative estimate of drug-likeness (QED) is 0.872. The Balaban J connectivity index is 1.88. The van der Waals surface area contributed by atoms with Crippen molar-refractivity contribution in [2.75, 3.05) is 5.32 Å². The van der Waals surface area contributed by atoms with E-state index in [0.29, 0.717) is 28.3 Å². The van der Waals surface area contributed by atoms with Gasteiger partial charge in [-0.3, -0.25) is 9.48 Å². The van der Waals surface area contributed by atoms with Gasteiger partial charge in [0, 0.05) is 6.42 Å². The molecule has 2 heterocycles. The van der Waals surface area contributed by atoms with Crippen molar-refractivity contribution >= 4 is 39.1 Å². The number of aromatic nitrogens is 4. The van der Waals surface area contributed by atoms with E-state index in [2.05, 4.69) is 36.3 Å². The largest absolute Gasteiger partial charge is 0.325 e. The molecule has 0 unspecified atom stereocenters. The molecular formula is C10H9BrClN5O. The van der Waals surface area contributed by atoms with E-state index in [0.717, 1.165) is 0 Å². The smallest absolute Gasteiger partial charge is 0.226 e. The molecule has 8 heteroatoms. The van der Waals surface area contributed by atoms with Crippen molar-refractivity contribution in [3.63, 3.8) is 0 Å². The molecule has 1 amide bonds. The maximum absolute atomic E-state index is 11.7. The number of carbonyl (C=O) groups excluding carboxylic acids is 1. The molecule has 0 aromatic carbocycles. The number of hydrogen-bond acceptors (Lipinski definition) is 4. The fourth-order valence-corrected chi connectivity index (χ4v) is 1.73. The van der Waals surface area contributed by atoms with Gasteiger partial charge in [-0.15, -0.1) is 0 Å². The molecule has 2 rings (SSSR count). The lowest BCUT2D eigenvalue weighted by Gasteiger charge is -2.05. The van der Waals surface area contributed by atoms with Gasteiger partial charge in [0.2, 0.25) is 5.91 Å². The summed E-state index contributed by atoms with van der Waals surface area (Å²) in [6.07, 6.45) is 4.80. The summed E-state index contributed by atoms with van der Waals surface area (Å²) in [5, 5.41) is 6.99. The summed E-state index contributed by atoms with van der Waals surface area (Å²) in [5.41, 5.74) is 0.592. The van der Waals surface area contributed by atoms with Crippen LogP contribution in [0.1, 0.15) is 6.42 Å². The molecule has 0 radical (unpaired) electrons. The number of pyridine rings is 1. The maximum Gasteiger partial charge on any atom is 0.226 e. The van der Waals surface area contributed by atoms with Crippen LogP contribution in [0.5, 0.6) is 0 Å². The van der Waals surface area contributed by atoms with Crippen LogP contribution in [0, 0.1) is 0 Å². The standard InChI is InChI=1S/C10H9BrClN5O/c11-8-3-7(4-14-10(8)12)16-9(18)1-2-17-6-13-5-15-17/h3-6H,1-2H2,(H,16,18). The number of nitrogens with zero attached hydrogens (tertiary/aromatic N) is 4. The van der Waals surface area contributed by atoms with Gasteiger partial charge in [0.05, 0.1) is 22.9 Å². The number of rotatable bonds is 4. The van der Waals surface area contributed by atoms with Crippen LogP contribution in [0.25, 0.3) is 0 Å². The molecule has 2 aromatic rings. The van der Waals surface area contributed by atoms with E-state index < -0.39 is 0 Å². The Morgan fingerprint density at radius 1 is 1.56 bits per heavy atom. The lowest BCUT2D eigenvalue weighted by molar-refractivity contribution is -0.116. The molecule has 0 aliphatic rings. The Kier molecular flexibility index (Phi) is 4.27. The molecule has 94 valence electrons. The Morgan fingerprint density at radius 2 is 2.39 bits per heavy atom. The summed E-state index contributed by atoms with van der Waals surface area (Å²) in [6, 6.07) is 1.70. The van der Waals surface area contributed by atoms with Gasteiger partial charge in [-0.1, -0.05) is 11.6 Å². The van der Waals surface area contributed by atoms with Crippen molar-refractivity contribution in [3.8, 4) is 0 Å². The van der Waals surface area contributed by atoms with E-state index in [9.17, 15) is 4.79 Å². The van der Waals surface area contributed by atoms with Gasteiger partial charge < -0.3 is 5.32 Å². The second-order valence-electron chi connectivity index (χ2n) is 3.45. The van der Waals surface area contributed by atoms with E-state index in [1.54, 1.807) is 17.1 Å². The van der Waals surface area contributed by atoms with Crippen LogP contribution in [0.15, 0.2) is 29.4 Å². The number of halogens is 2. The number of amides is 1. The molecule has 0 fully saturated rings. The zero-order valence-corrected chi connectivity index (χ0v) is 11.5. The molecular weight excluding hydrogens is 322 g/mol. The first kappa shape index (κ1) is 13.0. The summed E-state index contributed by atoms with van der Waals surface area (Å²) in [7, 11) is 0. The minimum atomic E-state index is -0.124. The number of nitrogens with one attached hydrogen (secondary N) is 1. The molecule has 6 nitrogen and oxygen atoms in total. The first-order valence-electron chi connectivity index (χ1n) is 5.08. The van der Waals surface area contributed by atoms with Gasteiger partial charge in [0.15, 0.2) is 0 Å². The van der Waals surface area contributed by atoms with Gasteiger partial charge in [0.25, 0.3) is 0 Å². The second kappa shape index (κ2) is 5.92. The summed E-state index contributed by atoms with van der Waals surface area (Å²) in [5.74, 6) is -0.124. The molecule has 1 N–H and O–H groups in total. The average molecular weight is 331 g/mol. The zero-order valence-electron chi connectivity index (χ0n) is 9.18. The monoisotopic (exact) mass is 329 g/mol. The highest BCUT2D eigenvalue weighted by molar-refractivity contribution is 9.10. The Bertz CT molecular complexity index is 545. The Labute approximate surface area is 117 Å². The third-order valence-corrected chi connectivity index (χ3v) is 3.25. The average Bonchev–Trinajstić information content (AvgIpc) is 2.84. The van der Waals surface area contributed by atoms with Crippen molar-refractivity contribution in [2.45, 2.75) is 13.0 Å². The summed E-state index contributed by atoms with van der Waals surface area (Å²) in [6.45, 7) is 0.480. The van der Waals surface area contributed by atoms with E-state index >= 15 is 0 Å². The molecule has 0 spiro atoms. The van der Waals surface area contributed by atoms with Gasteiger partial charge >= 0.3 is 0 Å². The van der Waals surface area contributed by atoms with Crippen LogP contribution in [-0.4, -0.2) is 25.7 Å². The van der Waals surface area contributed by atoms with Crippen molar-refractivity contribution in [3.05, 3.63) is 34.5 Å². The topological polar surface area (TPSA) is 72.7 Å². The van der Waals surface area contributed by atoms with Crippen LogP contribution in [0.4, 0.5) is 5.69 Å². The van der Waals surface area contributed by atoms with Crippen LogP contribution in [-0.2, 0) is 11.3 Å². The van der Waals surface area contributed by atoms with Gasteiger partial charge in [0.1, 0.15) is 17.8 Å². The van der Waals surface area contributed by atoms with E-state index in [1.165, 1.54) is 12.5 Å². The maximum atomic E-state index is 11.7. The van der Waals surface area contributed by atoms with Crippen LogP contribution >= 0.6 is 27.5 Å². The number of aryl methyl sites for hydroxylation is 1. The van der Waals surface area contributed by atoms with Crippen molar-refractivity contribution in [2.24, 2.45) is 0 Å². The van der Waals surface area contributed by atoms with E-state index in [1.807, 2.05) is 0 Å². The zero-order chi connectivity index (χ0) is 13.0. The lowest BCUT2D eigenvalue weighted by atomic mass is 10.3. The SMILES string of the molecule is O=C(CCn1cncn1)Nc1cnc(Cl)c(Br)c1. The third kappa shape index (κ3) is 3.51. The first-order chi connectivity index (χ1) is 8.65. The first-order valence-corrected chi connectivity index (χ1v) is 6.25. The molecule has 18 heavy (non-hydrogen) atoms. The van der Waals surface area contributed by atoms with Crippen molar-refractivity contribution < 1.29 is 4.79 Å². The number of anilines is 1. The van der Waals surface area contributed by atoms with E-state index in [4.69, 9.17) is 11.6 Å². The fraction of sp³-hybridized carbons (Fsp3) is 0.200. The highest BCUT2D eigenvalue weighted by Gasteiger charge is 2.05. The third-order valence-electron chi connectivity index (χ3n) is 2.11. The molecule has 0 aliphatic heterocycles. The number of carbonyl (C=O) groups is 1. The van der Waals surface area contributed by atoms with E-state index in [-0.39, 0.29) is 5.91 Å². The van der Waals surface area contributed by atoms with Gasteiger partial charge in [-0.05, 0) is 22.0 Å². The Morgan fingerprint density at radius 3 is 3.06 bits per heavy atom. The normalized spacial score (nSPS) is 10.3. The minimum Gasteiger partial charge on any atom is -0.325 e. The van der Waals surface area contributed by atoms with Crippen LogP contribution in [0.2, 0.25) is 5.15 Å². The summed E-state index contributed by atoms with van der Waals surface area (Å²) >= 11 is 9.00. The second-order valence-corrected chi connectivity index (χ2v) is 4.67. The fourth-order valence-electron chi connectivity index (χ4n) is 1.28. The predicted molar refractivity (Wildman–Crippen MR) is 70.2 cm³/mol.